The number of nitrogens with one attached hydrogen (secondary N) is 2. The predicted octanol–water partition coefficient (Wildman–Crippen LogP) is 3.13. The molecule has 1 fully saturated rings. The van der Waals surface area contributed by atoms with Crippen molar-refractivity contribution in [3.8, 4) is 0 Å². The summed E-state index contributed by atoms with van der Waals surface area (Å²) in [4.78, 5) is 16.6. The number of methoxy groups -OCH3 is 1. The number of aromatic nitrogens is 5. The van der Waals surface area contributed by atoms with Gasteiger partial charge in [-0.15, -0.1) is 24.8 Å². The molecule has 0 amide bonds. The van der Waals surface area contributed by atoms with E-state index in [4.69, 9.17) is 19.8 Å². The standard InChI is InChI=1S/C21H30N8O.2ClH/c1-4-5-16-18-19(29(27-16)12-13-30-3)20(24-17-7-6-15(2)14-23-17)26-21(25-18)28-10-8-22-9-11-28;;/h6-7,14,22H,4-5,8-13H2,1-3H3,(H,23,24,25,26);2*1H. The van der Waals surface area contributed by atoms with Crippen LogP contribution >= 0.6 is 24.8 Å². The molecule has 3 aromatic rings. The van der Waals surface area contributed by atoms with Crippen molar-refractivity contribution in [1.29, 1.82) is 0 Å². The summed E-state index contributed by atoms with van der Waals surface area (Å²) < 4.78 is 7.26. The van der Waals surface area contributed by atoms with Gasteiger partial charge >= 0.3 is 0 Å². The minimum atomic E-state index is 0. The molecule has 0 saturated carbocycles. The van der Waals surface area contributed by atoms with Crippen molar-refractivity contribution < 1.29 is 4.74 Å². The predicted molar refractivity (Wildman–Crippen MR) is 133 cm³/mol. The summed E-state index contributed by atoms with van der Waals surface area (Å²) in [7, 11) is 1.70. The molecule has 4 rings (SSSR count). The molecule has 0 spiro atoms. The maximum Gasteiger partial charge on any atom is 0.228 e. The van der Waals surface area contributed by atoms with Gasteiger partial charge in [-0.25, -0.2) is 9.97 Å². The van der Waals surface area contributed by atoms with Gasteiger partial charge in [0.2, 0.25) is 5.95 Å². The summed E-state index contributed by atoms with van der Waals surface area (Å²) in [5.41, 5.74) is 3.93. The van der Waals surface area contributed by atoms with E-state index in [2.05, 4.69) is 27.4 Å². The summed E-state index contributed by atoms with van der Waals surface area (Å²) in [6, 6.07) is 4.01. The third-order valence-corrected chi connectivity index (χ3v) is 5.20. The average Bonchev–Trinajstić information content (AvgIpc) is 3.12. The number of halogens is 2. The van der Waals surface area contributed by atoms with Crippen LogP contribution in [0.3, 0.4) is 0 Å². The van der Waals surface area contributed by atoms with Crippen LogP contribution in [0.4, 0.5) is 17.6 Å². The van der Waals surface area contributed by atoms with E-state index >= 15 is 0 Å². The molecule has 9 nitrogen and oxygen atoms in total. The fourth-order valence-electron chi connectivity index (χ4n) is 3.63. The van der Waals surface area contributed by atoms with Gasteiger partial charge in [0.05, 0.1) is 18.8 Å². The fraction of sp³-hybridized carbons (Fsp3) is 0.524. The molecule has 4 heterocycles. The summed E-state index contributed by atoms with van der Waals surface area (Å²) in [5, 5.41) is 11.7. The highest BCUT2D eigenvalue weighted by Crippen LogP contribution is 2.29. The van der Waals surface area contributed by atoms with Crippen LogP contribution < -0.4 is 15.5 Å². The second-order valence-electron chi connectivity index (χ2n) is 7.56. The number of fused-ring (bicyclic) bond motifs is 1. The van der Waals surface area contributed by atoms with Gasteiger partial charge in [-0.3, -0.25) is 4.68 Å². The Kier molecular flexibility index (Phi) is 9.89. The Morgan fingerprint density at radius 2 is 1.94 bits per heavy atom. The molecule has 0 radical (unpaired) electrons. The molecule has 0 bridgehead atoms. The van der Waals surface area contributed by atoms with Crippen LogP contribution in [0.1, 0.15) is 24.6 Å². The number of piperazine rings is 1. The fourth-order valence-corrected chi connectivity index (χ4v) is 3.63. The molecule has 0 aliphatic carbocycles. The molecular formula is C21H32Cl2N8O. The van der Waals surface area contributed by atoms with Crippen molar-refractivity contribution in [3.05, 3.63) is 29.6 Å². The van der Waals surface area contributed by atoms with E-state index in [-0.39, 0.29) is 24.8 Å². The quantitative estimate of drug-likeness (QED) is 0.505. The third-order valence-electron chi connectivity index (χ3n) is 5.20. The van der Waals surface area contributed by atoms with Crippen molar-refractivity contribution >= 4 is 53.4 Å². The van der Waals surface area contributed by atoms with E-state index in [1.54, 1.807) is 7.11 Å². The maximum absolute atomic E-state index is 5.30. The molecule has 1 aliphatic rings. The topological polar surface area (TPSA) is 93.0 Å². The lowest BCUT2D eigenvalue weighted by Crippen LogP contribution is -2.44. The van der Waals surface area contributed by atoms with E-state index < -0.39 is 0 Å². The van der Waals surface area contributed by atoms with Gasteiger partial charge in [0.15, 0.2) is 5.82 Å². The van der Waals surface area contributed by atoms with E-state index in [1.165, 1.54) is 0 Å². The summed E-state index contributed by atoms with van der Waals surface area (Å²) >= 11 is 0. The largest absolute Gasteiger partial charge is 0.383 e. The van der Waals surface area contributed by atoms with Crippen LogP contribution in [0, 0.1) is 6.92 Å². The Hall–Kier alpha value is -2.20. The molecule has 3 aromatic heterocycles. The number of hydrogen-bond acceptors (Lipinski definition) is 8. The van der Waals surface area contributed by atoms with E-state index in [1.807, 2.05) is 29.9 Å². The van der Waals surface area contributed by atoms with Crippen molar-refractivity contribution in [2.45, 2.75) is 33.2 Å². The normalized spacial score (nSPS) is 13.5. The first kappa shape index (κ1) is 26.1. The summed E-state index contributed by atoms with van der Waals surface area (Å²) in [5.74, 6) is 2.22. The number of rotatable bonds is 8. The summed E-state index contributed by atoms with van der Waals surface area (Å²) in [6.45, 7) is 9.03. The van der Waals surface area contributed by atoms with Crippen molar-refractivity contribution in [2.24, 2.45) is 0 Å². The Bertz CT molecular complexity index is 990. The molecule has 1 saturated heterocycles. The van der Waals surface area contributed by atoms with E-state index in [0.29, 0.717) is 13.2 Å². The van der Waals surface area contributed by atoms with Gasteiger partial charge in [0.25, 0.3) is 0 Å². The Morgan fingerprint density at radius 1 is 1.16 bits per heavy atom. The molecule has 11 heteroatoms. The van der Waals surface area contributed by atoms with Crippen molar-refractivity contribution in [3.63, 3.8) is 0 Å². The summed E-state index contributed by atoms with van der Waals surface area (Å²) in [6.07, 6.45) is 3.73. The monoisotopic (exact) mass is 482 g/mol. The molecule has 2 N–H and O–H groups in total. The second-order valence-corrected chi connectivity index (χ2v) is 7.56. The zero-order valence-corrected chi connectivity index (χ0v) is 20.4. The van der Waals surface area contributed by atoms with Gasteiger partial charge < -0.3 is 20.3 Å². The SMILES string of the molecule is CCCc1nn(CCOC)c2c(Nc3ccc(C)cn3)nc(N3CCNCC3)nc12.Cl.Cl. The smallest absolute Gasteiger partial charge is 0.228 e. The number of hydrogen-bond donors (Lipinski definition) is 2. The number of anilines is 3. The van der Waals surface area contributed by atoms with Crippen LogP contribution in [-0.4, -0.2) is 64.6 Å². The first-order valence-corrected chi connectivity index (χ1v) is 10.6. The number of ether oxygens (including phenoxy) is 1. The number of pyridine rings is 1. The van der Waals surface area contributed by atoms with Gasteiger partial charge in [0, 0.05) is 39.5 Å². The zero-order chi connectivity index (χ0) is 20.9. The minimum Gasteiger partial charge on any atom is -0.383 e. The van der Waals surface area contributed by atoms with E-state index in [9.17, 15) is 0 Å². The lowest BCUT2D eigenvalue weighted by molar-refractivity contribution is 0.184. The molecule has 0 unspecified atom stereocenters. The molecule has 32 heavy (non-hydrogen) atoms. The van der Waals surface area contributed by atoms with Crippen molar-refractivity contribution in [1.82, 2.24) is 30.0 Å². The Balaban J connectivity index is 0.00000181. The first-order valence-electron chi connectivity index (χ1n) is 10.6. The molecule has 0 atom stereocenters. The van der Waals surface area contributed by atoms with Crippen LogP contribution in [0.25, 0.3) is 11.0 Å². The highest BCUT2D eigenvalue weighted by Gasteiger charge is 2.22. The van der Waals surface area contributed by atoms with Crippen LogP contribution in [0.5, 0.6) is 0 Å². The van der Waals surface area contributed by atoms with E-state index in [0.717, 1.165) is 78.9 Å². The minimum absolute atomic E-state index is 0. The van der Waals surface area contributed by atoms with Crippen LogP contribution in [0.2, 0.25) is 0 Å². The Labute approximate surface area is 201 Å². The highest BCUT2D eigenvalue weighted by molar-refractivity contribution is 5.90. The first-order chi connectivity index (χ1) is 14.7. The molecular weight excluding hydrogens is 451 g/mol. The Morgan fingerprint density at radius 3 is 2.59 bits per heavy atom. The number of nitrogens with zero attached hydrogens (tertiary/aromatic N) is 6. The lowest BCUT2D eigenvalue weighted by atomic mass is 10.2. The van der Waals surface area contributed by atoms with Crippen LogP contribution in [-0.2, 0) is 17.7 Å². The highest BCUT2D eigenvalue weighted by atomic mass is 35.5. The van der Waals surface area contributed by atoms with Gasteiger partial charge in [-0.1, -0.05) is 19.4 Å². The van der Waals surface area contributed by atoms with Crippen LogP contribution in [0.15, 0.2) is 18.3 Å². The third kappa shape index (κ3) is 5.78. The lowest BCUT2D eigenvalue weighted by Gasteiger charge is -2.27. The van der Waals surface area contributed by atoms with Gasteiger partial charge in [0.1, 0.15) is 16.9 Å². The average molecular weight is 483 g/mol. The van der Waals surface area contributed by atoms with Gasteiger partial charge in [-0.2, -0.15) is 10.1 Å². The second kappa shape index (κ2) is 12.2. The van der Waals surface area contributed by atoms with Crippen molar-refractivity contribution in [2.75, 3.05) is 50.1 Å². The number of aryl methyl sites for hydroxylation is 2. The van der Waals surface area contributed by atoms with Gasteiger partial charge in [-0.05, 0) is 25.0 Å². The zero-order valence-electron chi connectivity index (χ0n) is 18.8. The molecule has 176 valence electrons. The molecule has 0 aromatic carbocycles. The molecule has 1 aliphatic heterocycles. The maximum atomic E-state index is 5.30.